The van der Waals surface area contributed by atoms with Crippen LogP contribution in [0.5, 0.6) is 5.75 Å². The minimum Gasteiger partial charge on any atom is -0.484 e. The molecule has 1 N–H and O–H groups in total. The Bertz CT molecular complexity index is 1210. The van der Waals surface area contributed by atoms with Crippen LogP contribution in [0.25, 0.3) is 16.8 Å². The van der Waals surface area contributed by atoms with E-state index in [0.29, 0.717) is 11.5 Å². The first-order chi connectivity index (χ1) is 14.7. The third-order valence-electron chi connectivity index (χ3n) is 4.71. The Labute approximate surface area is 175 Å². The van der Waals surface area contributed by atoms with Gasteiger partial charge in [-0.25, -0.2) is 13.9 Å². The second-order valence-corrected chi connectivity index (χ2v) is 7.16. The van der Waals surface area contributed by atoms with Crippen molar-refractivity contribution in [2.45, 2.75) is 19.1 Å². The molecule has 4 rings (SSSR count). The molecule has 4 aromatic rings. The fraction of sp³-hybridized carbons (Fsp3) is 0.238. The van der Waals surface area contributed by atoms with Gasteiger partial charge >= 0.3 is 6.18 Å². The van der Waals surface area contributed by atoms with Crippen molar-refractivity contribution in [2.75, 3.05) is 11.9 Å². The molecule has 0 spiro atoms. The zero-order valence-corrected chi connectivity index (χ0v) is 16.7. The number of ether oxygens (including phenoxy) is 1. The van der Waals surface area contributed by atoms with E-state index in [9.17, 15) is 17.6 Å². The lowest BCUT2D eigenvalue weighted by atomic mass is 10.1. The summed E-state index contributed by atoms with van der Waals surface area (Å²) in [6.45, 7) is 0.231. The van der Waals surface area contributed by atoms with Crippen LogP contribution in [0.3, 0.4) is 0 Å². The normalized spacial score (nSPS) is 12.8. The van der Waals surface area contributed by atoms with E-state index in [1.807, 2.05) is 30.1 Å². The number of hydrogen-bond acceptors (Lipinski definition) is 4. The van der Waals surface area contributed by atoms with Crippen LogP contribution in [0.1, 0.15) is 18.5 Å². The van der Waals surface area contributed by atoms with Crippen molar-refractivity contribution in [1.29, 1.82) is 0 Å². The van der Waals surface area contributed by atoms with E-state index in [1.54, 1.807) is 29.9 Å². The van der Waals surface area contributed by atoms with Crippen molar-refractivity contribution in [3.8, 4) is 16.9 Å². The van der Waals surface area contributed by atoms with Gasteiger partial charge in [0.15, 0.2) is 12.3 Å². The lowest BCUT2D eigenvalue weighted by Gasteiger charge is -2.19. The van der Waals surface area contributed by atoms with Gasteiger partial charge in [-0.15, -0.1) is 0 Å². The SMILES string of the molecule is C[C@@H](Nc1ccn2ncc(-c3ccn(C)c3)c2n1)c1cc(F)ccc1OCC(F)(F)F. The Morgan fingerprint density at radius 3 is 2.68 bits per heavy atom. The summed E-state index contributed by atoms with van der Waals surface area (Å²) in [5.41, 5.74) is 2.64. The van der Waals surface area contributed by atoms with Crippen LogP contribution in [-0.4, -0.2) is 31.9 Å². The van der Waals surface area contributed by atoms with E-state index in [-0.39, 0.29) is 11.3 Å². The third-order valence-corrected chi connectivity index (χ3v) is 4.71. The first kappa shape index (κ1) is 20.7. The minimum absolute atomic E-state index is 0.0471. The molecule has 0 radical (unpaired) electrons. The molecular weight excluding hydrogens is 414 g/mol. The van der Waals surface area contributed by atoms with Crippen LogP contribution >= 0.6 is 0 Å². The molecule has 0 saturated carbocycles. The summed E-state index contributed by atoms with van der Waals surface area (Å²) in [6.07, 6.45) is 2.79. The smallest absolute Gasteiger partial charge is 0.422 e. The monoisotopic (exact) mass is 433 g/mol. The van der Waals surface area contributed by atoms with Crippen molar-refractivity contribution >= 4 is 11.5 Å². The number of nitrogens with one attached hydrogen (secondary N) is 1. The number of aryl methyl sites for hydroxylation is 1. The Morgan fingerprint density at radius 1 is 1.16 bits per heavy atom. The van der Waals surface area contributed by atoms with Gasteiger partial charge in [-0.3, -0.25) is 0 Å². The number of halogens is 4. The van der Waals surface area contributed by atoms with Gasteiger partial charge in [0.05, 0.1) is 12.2 Å². The minimum atomic E-state index is -4.50. The number of fused-ring (bicyclic) bond motifs is 1. The quantitative estimate of drug-likeness (QED) is 0.436. The number of aromatic nitrogens is 4. The Hall–Kier alpha value is -3.56. The maximum Gasteiger partial charge on any atom is 0.422 e. The lowest BCUT2D eigenvalue weighted by molar-refractivity contribution is -0.153. The second-order valence-electron chi connectivity index (χ2n) is 7.16. The lowest BCUT2D eigenvalue weighted by Crippen LogP contribution is -2.20. The molecule has 0 unspecified atom stereocenters. The highest BCUT2D eigenvalue weighted by atomic mass is 19.4. The molecule has 3 heterocycles. The van der Waals surface area contributed by atoms with Crippen molar-refractivity contribution in [2.24, 2.45) is 7.05 Å². The standard InChI is InChI=1S/C21H19F4N5O/c1-13(16-9-15(22)3-4-18(16)31-12-21(23,24)25)27-19-6-8-30-20(28-19)17(10-26-30)14-5-7-29(2)11-14/h3-11,13H,12H2,1-2H3,(H,27,28)/t13-/m1/s1. The van der Waals surface area contributed by atoms with Crippen LogP contribution in [-0.2, 0) is 7.05 Å². The van der Waals surface area contributed by atoms with Gasteiger partial charge in [0.2, 0.25) is 0 Å². The highest BCUT2D eigenvalue weighted by Gasteiger charge is 2.29. The molecular formula is C21H19F4N5O. The molecule has 0 aliphatic rings. The highest BCUT2D eigenvalue weighted by molar-refractivity contribution is 5.77. The summed E-state index contributed by atoms with van der Waals surface area (Å²) in [5.74, 6) is -0.161. The van der Waals surface area contributed by atoms with Crippen LogP contribution in [0.15, 0.2) is 55.1 Å². The molecule has 0 aliphatic carbocycles. The Morgan fingerprint density at radius 2 is 1.97 bits per heavy atom. The fourth-order valence-corrected chi connectivity index (χ4v) is 3.26. The van der Waals surface area contributed by atoms with Crippen LogP contribution in [0.2, 0.25) is 0 Å². The summed E-state index contributed by atoms with van der Waals surface area (Å²) in [5, 5.41) is 7.40. The highest BCUT2D eigenvalue weighted by Crippen LogP contribution is 2.31. The largest absolute Gasteiger partial charge is 0.484 e. The van der Waals surface area contributed by atoms with Crippen molar-refractivity contribution < 1.29 is 22.3 Å². The topological polar surface area (TPSA) is 56.4 Å². The molecule has 0 bridgehead atoms. The van der Waals surface area contributed by atoms with Gasteiger partial charge in [0, 0.05) is 42.3 Å². The molecule has 162 valence electrons. The molecule has 10 heteroatoms. The molecule has 3 aromatic heterocycles. The zero-order valence-electron chi connectivity index (χ0n) is 16.7. The molecule has 1 atom stereocenters. The van der Waals surface area contributed by atoms with Gasteiger partial charge in [-0.05, 0) is 37.3 Å². The van der Waals surface area contributed by atoms with E-state index in [4.69, 9.17) is 4.74 Å². The summed E-state index contributed by atoms with van der Waals surface area (Å²) in [4.78, 5) is 4.59. The predicted molar refractivity (Wildman–Crippen MR) is 107 cm³/mol. The number of benzene rings is 1. The maximum absolute atomic E-state index is 13.8. The van der Waals surface area contributed by atoms with Crippen molar-refractivity contribution in [3.05, 3.63) is 66.5 Å². The average molecular weight is 433 g/mol. The number of alkyl halides is 3. The number of hydrogen-bond donors (Lipinski definition) is 1. The molecule has 6 nitrogen and oxygen atoms in total. The zero-order chi connectivity index (χ0) is 22.2. The maximum atomic E-state index is 13.8. The van der Waals surface area contributed by atoms with E-state index in [1.165, 1.54) is 6.07 Å². The van der Waals surface area contributed by atoms with Gasteiger partial charge in [0.25, 0.3) is 0 Å². The van der Waals surface area contributed by atoms with E-state index >= 15 is 0 Å². The third kappa shape index (κ3) is 4.62. The van der Waals surface area contributed by atoms with Crippen molar-refractivity contribution in [3.63, 3.8) is 0 Å². The van der Waals surface area contributed by atoms with Gasteiger partial charge in [0.1, 0.15) is 17.4 Å². The van der Waals surface area contributed by atoms with Crippen LogP contribution in [0.4, 0.5) is 23.4 Å². The van der Waals surface area contributed by atoms with Crippen molar-refractivity contribution in [1.82, 2.24) is 19.2 Å². The molecule has 0 amide bonds. The Balaban J connectivity index is 1.61. The second kappa shape index (κ2) is 7.93. The van der Waals surface area contributed by atoms with Gasteiger partial charge in [-0.2, -0.15) is 18.3 Å². The molecule has 1 aromatic carbocycles. The number of nitrogens with zero attached hydrogens (tertiary/aromatic N) is 4. The van der Waals surface area contributed by atoms with E-state index in [2.05, 4.69) is 15.4 Å². The Kier molecular flexibility index (Phi) is 5.30. The summed E-state index contributed by atoms with van der Waals surface area (Å²) in [7, 11) is 1.91. The number of anilines is 1. The molecule has 0 fully saturated rings. The summed E-state index contributed by atoms with van der Waals surface area (Å²) in [6, 6.07) is 6.45. The van der Waals surface area contributed by atoms with E-state index in [0.717, 1.165) is 23.3 Å². The summed E-state index contributed by atoms with van der Waals surface area (Å²) >= 11 is 0. The van der Waals surface area contributed by atoms with Gasteiger partial charge < -0.3 is 14.6 Å². The van der Waals surface area contributed by atoms with Gasteiger partial charge in [-0.1, -0.05) is 0 Å². The first-order valence-electron chi connectivity index (χ1n) is 9.42. The molecule has 0 saturated heterocycles. The van der Waals surface area contributed by atoms with E-state index < -0.39 is 24.6 Å². The number of rotatable bonds is 6. The summed E-state index contributed by atoms with van der Waals surface area (Å²) < 4.78 is 59.9. The first-order valence-corrected chi connectivity index (χ1v) is 9.42. The molecule has 0 aliphatic heterocycles. The average Bonchev–Trinajstić information content (AvgIpc) is 3.31. The van der Waals surface area contributed by atoms with Crippen LogP contribution < -0.4 is 10.1 Å². The predicted octanol–water partition coefficient (Wildman–Crippen LogP) is 4.99. The fourth-order valence-electron chi connectivity index (χ4n) is 3.26. The van der Waals surface area contributed by atoms with Crippen LogP contribution in [0, 0.1) is 5.82 Å². The molecule has 31 heavy (non-hydrogen) atoms.